The minimum absolute atomic E-state index is 0.0490. The van der Waals surface area contributed by atoms with Crippen LogP contribution in [-0.2, 0) is 4.74 Å². The Balaban J connectivity index is 2.96. The van der Waals surface area contributed by atoms with Crippen LogP contribution in [0.15, 0.2) is 12.3 Å². The molecule has 2 N–H and O–H groups in total. The first-order valence-corrected chi connectivity index (χ1v) is 7.13. The van der Waals surface area contributed by atoms with Gasteiger partial charge >= 0.3 is 5.97 Å². The molecule has 0 unspecified atom stereocenters. The first-order chi connectivity index (χ1) is 10.3. The maximum absolute atomic E-state index is 11.2. The van der Waals surface area contributed by atoms with E-state index >= 15 is 0 Å². The van der Waals surface area contributed by atoms with Crippen LogP contribution < -0.4 is 10.1 Å². The van der Waals surface area contributed by atoms with E-state index < -0.39 is 5.97 Å². The third-order valence-corrected chi connectivity index (χ3v) is 2.84. The van der Waals surface area contributed by atoms with Crippen molar-refractivity contribution in [2.75, 3.05) is 20.4 Å². The smallest absolute Gasteiger partial charge is 0.342 e. The molecule has 1 aromatic rings. The molecule has 0 saturated heterocycles. The van der Waals surface area contributed by atoms with E-state index in [1.165, 1.54) is 10.9 Å². The Labute approximate surface area is 130 Å². The maximum atomic E-state index is 11.2. The van der Waals surface area contributed by atoms with Gasteiger partial charge in [0, 0.05) is 18.8 Å². The second kappa shape index (κ2) is 7.95. The Morgan fingerprint density at radius 3 is 2.77 bits per heavy atom. The number of methoxy groups -OCH3 is 1. The predicted molar refractivity (Wildman–Crippen MR) is 83.9 cm³/mol. The van der Waals surface area contributed by atoms with Crippen molar-refractivity contribution in [3.63, 3.8) is 0 Å². The highest BCUT2D eigenvalue weighted by Gasteiger charge is 2.19. The van der Waals surface area contributed by atoms with Gasteiger partial charge in [0.2, 0.25) is 5.88 Å². The molecule has 0 saturated carbocycles. The molecule has 7 heteroatoms. The molecule has 0 aliphatic carbocycles. The van der Waals surface area contributed by atoms with Gasteiger partial charge in [0.25, 0.3) is 0 Å². The topological polar surface area (TPSA) is 85.6 Å². The zero-order chi connectivity index (χ0) is 16.8. The second-order valence-electron chi connectivity index (χ2n) is 5.97. The number of nitrogens with zero attached hydrogens (tertiary/aromatic N) is 2. The number of carbonyl (C=O) groups is 1. The molecular weight excluding hydrogens is 286 g/mol. The molecule has 1 aromatic heterocycles. The van der Waals surface area contributed by atoms with E-state index in [9.17, 15) is 9.90 Å². The summed E-state index contributed by atoms with van der Waals surface area (Å²) in [5.41, 5.74) is -0.284. The molecule has 0 aromatic carbocycles. The molecule has 124 valence electrons. The SMILES string of the molecule is COCNC(C)(C)C=Cn1ncc(C(=O)O)c1OCC(C)C. The zero-order valence-corrected chi connectivity index (χ0v) is 13.8. The van der Waals surface area contributed by atoms with Crippen LogP contribution in [0, 0.1) is 5.92 Å². The van der Waals surface area contributed by atoms with Crippen LogP contribution >= 0.6 is 0 Å². The Morgan fingerprint density at radius 1 is 1.55 bits per heavy atom. The van der Waals surface area contributed by atoms with E-state index in [1.54, 1.807) is 13.3 Å². The lowest BCUT2D eigenvalue weighted by Gasteiger charge is -2.21. The van der Waals surface area contributed by atoms with Gasteiger partial charge in [-0.2, -0.15) is 5.10 Å². The summed E-state index contributed by atoms with van der Waals surface area (Å²) in [5.74, 6) is -0.538. The van der Waals surface area contributed by atoms with Crippen LogP contribution in [0.5, 0.6) is 5.88 Å². The largest absolute Gasteiger partial charge is 0.477 e. The predicted octanol–water partition coefficient (Wildman–Crippen LogP) is 2.06. The van der Waals surface area contributed by atoms with Crippen LogP contribution in [0.3, 0.4) is 0 Å². The highest BCUT2D eigenvalue weighted by atomic mass is 16.5. The number of carboxylic acid groups (broad SMARTS) is 1. The normalized spacial score (nSPS) is 12.3. The summed E-state index contributed by atoms with van der Waals surface area (Å²) in [6, 6.07) is 0. The van der Waals surface area contributed by atoms with E-state index in [4.69, 9.17) is 9.47 Å². The van der Waals surface area contributed by atoms with Crippen molar-refractivity contribution >= 4 is 12.2 Å². The fourth-order valence-electron chi connectivity index (χ4n) is 1.57. The van der Waals surface area contributed by atoms with E-state index in [0.717, 1.165) is 0 Å². The fourth-order valence-corrected chi connectivity index (χ4v) is 1.57. The summed E-state index contributed by atoms with van der Waals surface area (Å²) >= 11 is 0. The minimum Gasteiger partial charge on any atom is -0.477 e. The molecule has 0 radical (unpaired) electrons. The maximum Gasteiger partial charge on any atom is 0.342 e. The quantitative estimate of drug-likeness (QED) is 0.679. The van der Waals surface area contributed by atoms with Crippen molar-refractivity contribution in [3.05, 3.63) is 17.8 Å². The van der Waals surface area contributed by atoms with Gasteiger partial charge < -0.3 is 14.6 Å². The van der Waals surface area contributed by atoms with Crippen LogP contribution in [-0.4, -0.2) is 46.8 Å². The average Bonchev–Trinajstić information content (AvgIpc) is 2.84. The lowest BCUT2D eigenvalue weighted by molar-refractivity contribution is 0.0691. The van der Waals surface area contributed by atoms with Gasteiger partial charge in [-0.05, 0) is 25.8 Å². The van der Waals surface area contributed by atoms with E-state index in [0.29, 0.717) is 13.3 Å². The molecule has 0 spiro atoms. The fraction of sp³-hybridized carbons (Fsp3) is 0.600. The molecule has 7 nitrogen and oxygen atoms in total. The van der Waals surface area contributed by atoms with Crippen LogP contribution in [0.4, 0.5) is 0 Å². The van der Waals surface area contributed by atoms with Crippen LogP contribution in [0.1, 0.15) is 38.1 Å². The van der Waals surface area contributed by atoms with Gasteiger partial charge in [-0.3, -0.25) is 5.32 Å². The summed E-state index contributed by atoms with van der Waals surface area (Å²) in [4.78, 5) is 11.2. The summed E-state index contributed by atoms with van der Waals surface area (Å²) in [5, 5.41) is 16.4. The number of ether oxygens (including phenoxy) is 2. The molecule has 1 heterocycles. The van der Waals surface area contributed by atoms with Crippen molar-refractivity contribution in [1.82, 2.24) is 15.1 Å². The molecule has 0 amide bonds. The number of hydrogen-bond donors (Lipinski definition) is 2. The Bertz CT molecular complexity index is 521. The minimum atomic E-state index is -1.06. The lowest BCUT2D eigenvalue weighted by atomic mass is 10.1. The summed E-state index contributed by atoms with van der Waals surface area (Å²) in [7, 11) is 1.61. The highest BCUT2D eigenvalue weighted by molar-refractivity contribution is 5.90. The lowest BCUT2D eigenvalue weighted by Crippen LogP contribution is -2.38. The summed E-state index contributed by atoms with van der Waals surface area (Å²) in [6.07, 6.45) is 4.84. The third-order valence-electron chi connectivity index (χ3n) is 2.84. The van der Waals surface area contributed by atoms with Gasteiger partial charge in [0.05, 0.1) is 19.5 Å². The van der Waals surface area contributed by atoms with Gasteiger partial charge in [0.15, 0.2) is 0 Å². The first-order valence-electron chi connectivity index (χ1n) is 7.13. The van der Waals surface area contributed by atoms with Crippen molar-refractivity contribution in [2.45, 2.75) is 33.2 Å². The molecule has 1 rings (SSSR count). The van der Waals surface area contributed by atoms with E-state index in [1.807, 2.05) is 33.8 Å². The van der Waals surface area contributed by atoms with Gasteiger partial charge in [-0.25, -0.2) is 9.48 Å². The molecular formula is C15H25N3O4. The van der Waals surface area contributed by atoms with E-state index in [-0.39, 0.29) is 22.9 Å². The average molecular weight is 311 g/mol. The molecule has 0 bridgehead atoms. The highest BCUT2D eigenvalue weighted by Crippen LogP contribution is 2.20. The van der Waals surface area contributed by atoms with Crippen LogP contribution in [0.2, 0.25) is 0 Å². The monoisotopic (exact) mass is 311 g/mol. The molecule has 0 fully saturated rings. The summed E-state index contributed by atoms with van der Waals surface area (Å²) in [6.45, 7) is 8.76. The molecule has 0 atom stereocenters. The number of nitrogens with one attached hydrogen (secondary N) is 1. The van der Waals surface area contributed by atoms with Crippen molar-refractivity contribution in [1.29, 1.82) is 0 Å². The number of hydrogen-bond acceptors (Lipinski definition) is 5. The Hall–Kier alpha value is -1.86. The zero-order valence-electron chi connectivity index (χ0n) is 13.8. The number of aromatic carboxylic acids is 1. The van der Waals surface area contributed by atoms with E-state index in [2.05, 4.69) is 10.4 Å². The van der Waals surface area contributed by atoms with Gasteiger partial charge in [-0.1, -0.05) is 13.8 Å². The van der Waals surface area contributed by atoms with Crippen molar-refractivity contribution in [3.8, 4) is 5.88 Å². The standard InChI is InChI=1S/C15H25N3O4/c1-11(2)9-22-13-12(14(19)20)8-17-18(13)7-6-15(3,4)16-10-21-5/h6-8,11,16H,9-10H2,1-5H3,(H,19,20). The van der Waals surface area contributed by atoms with Crippen molar-refractivity contribution in [2.24, 2.45) is 5.92 Å². The van der Waals surface area contributed by atoms with Gasteiger partial charge in [-0.15, -0.1) is 0 Å². The molecule has 0 aliphatic heterocycles. The van der Waals surface area contributed by atoms with Crippen molar-refractivity contribution < 1.29 is 19.4 Å². The number of aromatic nitrogens is 2. The third kappa shape index (κ3) is 5.50. The molecule has 0 aliphatic rings. The first kappa shape index (κ1) is 18.2. The van der Waals surface area contributed by atoms with Crippen LogP contribution in [0.25, 0.3) is 6.20 Å². The number of carboxylic acids is 1. The summed E-state index contributed by atoms with van der Waals surface area (Å²) < 4.78 is 12.0. The number of rotatable bonds is 9. The van der Waals surface area contributed by atoms with Gasteiger partial charge in [0.1, 0.15) is 5.56 Å². The second-order valence-corrected chi connectivity index (χ2v) is 5.97. The molecule has 22 heavy (non-hydrogen) atoms. The Morgan fingerprint density at radius 2 is 2.23 bits per heavy atom. The Kier molecular flexibility index (Phi) is 6.58.